The highest BCUT2D eigenvalue weighted by atomic mass is 16.2. The minimum atomic E-state index is -0.0814. The number of carbonyl (C=O) groups excluding carboxylic acids is 1. The lowest BCUT2D eigenvalue weighted by Crippen LogP contribution is -2.35. The van der Waals surface area contributed by atoms with E-state index in [1.54, 1.807) is 0 Å². The van der Waals surface area contributed by atoms with Gasteiger partial charge in [-0.05, 0) is 56.6 Å². The standard InChI is InChI=1S/C18H26N2O/c1-11-5-8-16(12(2)9-11)17-19-14(4)18(21)20(17)10-13(3)15-6-7-15/h5,8-9,13-15,17,19H,6-7,10H2,1-4H3. The summed E-state index contributed by atoms with van der Waals surface area (Å²) in [4.78, 5) is 14.6. The maximum Gasteiger partial charge on any atom is 0.241 e. The molecule has 1 aromatic rings. The SMILES string of the molecule is Cc1ccc(C2NC(C)C(=O)N2CC(C)C2CC2)c(C)c1. The normalized spacial score (nSPS) is 27.2. The number of aryl methyl sites for hydroxylation is 2. The Hall–Kier alpha value is -1.35. The van der Waals surface area contributed by atoms with Gasteiger partial charge in [-0.3, -0.25) is 10.1 Å². The summed E-state index contributed by atoms with van der Waals surface area (Å²) in [6, 6.07) is 6.43. The zero-order valence-corrected chi connectivity index (χ0v) is 13.5. The third-order valence-electron chi connectivity index (χ3n) is 5.00. The molecule has 1 heterocycles. The summed E-state index contributed by atoms with van der Waals surface area (Å²) >= 11 is 0. The molecule has 1 saturated heterocycles. The van der Waals surface area contributed by atoms with Crippen LogP contribution in [0.5, 0.6) is 0 Å². The highest BCUT2D eigenvalue weighted by Gasteiger charge is 2.40. The van der Waals surface area contributed by atoms with E-state index in [0.717, 1.165) is 12.5 Å². The van der Waals surface area contributed by atoms with Crippen LogP contribution in [0.1, 0.15) is 49.5 Å². The lowest BCUT2D eigenvalue weighted by molar-refractivity contribution is -0.130. The first kappa shape index (κ1) is 14.6. The molecular formula is C18H26N2O. The molecule has 2 fully saturated rings. The van der Waals surface area contributed by atoms with E-state index < -0.39 is 0 Å². The van der Waals surface area contributed by atoms with Crippen LogP contribution in [0.4, 0.5) is 0 Å². The van der Waals surface area contributed by atoms with Crippen LogP contribution in [0.2, 0.25) is 0 Å². The van der Waals surface area contributed by atoms with Gasteiger partial charge in [0.05, 0.1) is 6.04 Å². The number of nitrogens with one attached hydrogen (secondary N) is 1. The Balaban J connectivity index is 1.85. The molecule has 1 aliphatic carbocycles. The van der Waals surface area contributed by atoms with Crippen molar-refractivity contribution in [2.45, 2.75) is 52.7 Å². The third-order valence-corrected chi connectivity index (χ3v) is 5.00. The van der Waals surface area contributed by atoms with Gasteiger partial charge < -0.3 is 4.90 Å². The first-order valence-corrected chi connectivity index (χ1v) is 8.11. The van der Waals surface area contributed by atoms with Gasteiger partial charge in [0, 0.05) is 6.54 Å². The number of nitrogens with zero attached hydrogens (tertiary/aromatic N) is 1. The fourth-order valence-electron chi connectivity index (χ4n) is 3.48. The minimum absolute atomic E-state index is 0.0364. The van der Waals surface area contributed by atoms with Gasteiger partial charge in [0.1, 0.15) is 6.17 Å². The second-order valence-electron chi connectivity index (χ2n) is 6.96. The number of benzene rings is 1. The van der Waals surface area contributed by atoms with Crippen LogP contribution in [0.25, 0.3) is 0 Å². The van der Waals surface area contributed by atoms with E-state index in [9.17, 15) is 4.79 Å². The molecule has 1 saturated carbocycles. The molecule has 1 N–H and O–H groups in total. The Morgan fingerprint density at radius 2 is 2.05 bits per heavy atom. The van der Waals surface area contributed by atoms with Crippen molar-refractivity contribution in [3.63, 3.8) is 0 Å². The molecule has 3 rings (SSSR count). The van der Waals surface area contributed by atoms with Gasteiger partial charge in [0.15, 0.2) is 0 Å². The molecule has 114 valence electrons. The molecule has 3 nitrogen and oxygen atoms in total. The van der Waals surface area contributed by atoms with Crippen LogP contribution in [0.3, 0.4) is 0 Å². The van der Waals surface area contributed by atoms with E-state index in [0.29, 0.717) is 5.92 Å². The maximum atomic E-state index is 12.5. The summed E-state index contributed by atoms with van der Waals surface area (Å²) in [5, 5.41) is 3.47. The van der Waals surface area contributed by atoms with Crippen molar-refractivity contribution < 1.29 is 4.79 Å². The van der Waals surface area contributed by atoms with Gasteiger partial charge in [-0.1, -0.05) is 30.7 Å². The van der Waals surface area contributed by atoms with E-state index in [-0.39, 0.29) is 18.1 Å². The van der Waals surface area contributed by atoms with Crippen LogP contribution in [-0.2, 0) is 4.79 Å². The van der Waals surface area contributed by atoms with Crippen molar-refractivity contribution in [3.05, 3.63) is 34.9 Å². The number of hydrogen-bond acceptors (Lipinski definition) is 2. The number of rotatable bonds is 4. The fourth-order valence-corrected chi connectivity index (χ4v) is 3.48. The Bertz CT molecular complexity index is 550. The Morgan fingerprint density at radius 3 is 2.67 bits per heavy atom. The molecule has 3 heteroatoms. The number of carbonyl (C=O) groups is 1. The molecule has 0 aromatic heterocycles. The quantitative estimate of drug-likeness (QED) is 0.922. The van der Waals surface area contributed by atoms with Crippen molar-refractivity contribution >= 4 is 5.91 Å². The summed E-state index contributed by atoms with van der Waals surface area (Å²) in [6.45, 7) is 9.38. The summed E-state index contributed by atoms with van der Waals surface area (Å²) in [5.74, 6) is 1.68. The summed E-state index contributed by atoms with van der Waals surface area (Å²) in [7, 11) is 0. The maximum absolute atomic E-state index is 12.5. The van der Waals surface area contributed by atoms with Gasteiger partial charge in [-0.25, -0.2) is 0 Å². The van der Waals surface area contributed by atoms with E-state index in [1.165, 1.54) is 29.5 Å². The average Bonchev–Trinajstić information content (AvgIpc) is 3.23. The largest absolute Gasteiger partial charge is 0.321 e. The number of amides is 1. The topological polar surface area (TPSA) is 32.3 Å². The second-order valence-corrected chi connectivity index (χ2v) is 6.96. The van der Waals surface area contributed by atoms with Crippen molar-refractivity contribution in [1.29, 1.82) is 0 Å². The van der Waals surface area contributed by atoms with Crippen LogP contribution < -0.4 is 5.32 Å². The van der Waals surface area contributed by atoms with Crippen LogP contribution in [-0.4, -0.2) is 23.4 Å². The Morgan fingerprint density at radius 1 is 1.33 bits per heavy atom. The second kappa shape index (κ2) is 5.45. The van der Waals surface area contributed by atoms with Gasteiger partial charge >= 0.3 is 0 Å². The number of hydrogen-bond donors (Lipinski definition) is 1. The molecule has 0 bridgehead atoms. The first-order chi connectivity index (χ1) is 9.97. The van der Waals surface area contributed by atoms with E-state index in [2.05, 4.69) is 49.2 Å². The smallest absolute Gasteiger partial charge is 0.241 e. The third kappa shape index (κ3) is 2.84. The highest BCUT2D eigenvalue weighted by Crippen LogP contribution is 2.38. The highest BCUT2D eigenvalue weighted by molar-refractivity contribution is 5.84. The van der Waals surface area contributed by atoms with Gasteiger partial charge in [-0.2, -0.15) is 0 Å². The van der Waals surface area contributed by atoms with Crippen molar-refractivity contribution in [1.82, 2.24) is 10.2 Å². The summed E-state index contributed by atoms with van der Waals surface area (Å²) < 4.78 is 0. The monoisotopic (exact) mass is 286 g/mol. The summed E-state index contributed by atoms with van der Waals surface area (Å²) in [5.41, 5.74) is 3.77. The fraction of sp³-hybridized carbons (Fsp3) is 0.611. The molecule has 0 radical (unpaired) electrons. The lowest BCUT2D eigenvalue weighted by atomic mass is 10.0. The predicted molar refractivity (Wildman–Crippen MR) is 84.9 cm³/mol. The van der Waals surface area contributed by atoms with Crippen molar-refractivity contribution in [3.8, 4) is 0 Å². The molecule has 3 unspecified atom stereocenters. The van der Waals surface area contributed by atoms with E-state index >= 15 is 0 Å². The molecule has 1 aromatic carbocycles. The van der Waals surface area contributed by atoms with Crippen molar-refractivity contribution in [2.75, 3.05) is 6.54 Å². The molecular weight excluding hydrogens is 260 g/mol. The lowest BCUT2D eigenvalue weighted by Gasteiger charge is -2.28. The summed E-state index contributed by atoms with van der Waals surface area (Å²) in [6.07, 6.45) is 2.70. The Kier molecular flexibility index (Phi) is 3.78. The molecule has 3 atom stereocenters. The average molecular weight is 286 g/mol. The van der Waals surface area contributed by atoms with Crippen LogP contribution >= 0.6 is 0 Å². The zero-order valence-electron chi connectivity index (χ0n) is 13.5. The molecule has 0 spiro atoms. The molecule has 2 aliphatic rings. The minimum Gasteiger partial charge on any atom is -0.321 e. The Labute approximate surface area is 127 Å². The predicted octanol–water partition coefficient (Wildman–Crippen LogP) is 3.17. The van der Waals surface area contributed by atoms with Crippen molar-refractivity contribution in [2.24, 2.45) is 11.8 Å². The van der Waals surface area contributed by atoms with E-state index in [4.69, 9.17) is 0 Å². The molecule has 21 heavy (non-hydrogen) atoms. The first-order valence-electron chi connectivity index (χ1n) is 8.11. The van der Waals surface area contributed by atoms with Crippen LogP contribution in [0.15, 0.2) is 18.2 Å². The van der Waals surface area contributed by atoms with Gasteiger partial charge in [0.2, 0.25) is 5.91 Å². The zero-order chi connectivity index (χ0) is 15.1. The molecule has 1 amide bonds. The molecule has 1 aliphatic heterocycles. The van der Waals surface area contributed by atoms with Crippen LogP contribution in [0, 0.1) is 25.7 Å². The van der Waals surface area contributed by atoms with Gasteiger partial charge in [0.25, 0.3) is 0 Å². The van der Waals surface area contributed by atoms with E-state index in [1.807, 2.05) is 6.92 Å². The van der Waals surface area contributed by atoms with Gasteiger partial charge in [-0.15, -0.1) is 0 Å².